The lowest BCUT2D eigenvalue weighted by molar-refractivity contribution is 0.552. The number of imidazole rings is 1. The number of anilines is 2. The van der Waals surface area contributed by atoms with Crippen LogP contribution in [0.1, 0.15) is 11.3 Å². The van der Waals surface area contributed by atoms with Crippen molar-refractivity contribution < 1.29 is 0 Å². The Morgan fingerprint density at radius 1 is 1.38 bits per heavy atom. The third-order valence-corrected chi connectivity index (χ3v) is 4.25. The molecule has 0 saturated carbocycles. The first-order chi connectivity index (χ1) is 14.0. The molecule has 3 aromatic rings. The number of nitriles is 1. The summed E-state index contributed by atoms with van der Waals surface area (Å²) in [5.41, 5.74) is 8.68. The van der Waals surface area contributed by atoms with Gasteiger partial charge in [0.15, 0.2) is 10.9 Å². The Bertz CT molecular complexity index is 1080. The van der Waals surface area contributed by atoms with E-state index in [0.29, 0.717) is 23.8 Å². The van der Waals surface area contributed by atoms with Gasteiger partial charge in [-0.1, -0.05) is 12.1 Å². The van der Waals surface area contributed by atoms with Crippen molar-refractivity contribution in [2.24, 2.45) is 17.9 Å². The van der Waals surface area contributed by atoms with E-state index in [0.717, 1.165) is 16.9 Å². The van der Waals surface area contributed by atoms with Crippen molar-refractivity contribution in [3.05, 3.63) is 54.1 Å². The molecule has 0 fully saturated rings. The molecule has 9 nitrogen and oxygen atoms in total. The average Bonchev–Trinajstić information content (AvgIpc) is 3.13. The molecule has 0 aliphatic heterocycles. The van der Waals surface area contributed by atoms with Crippen LogP contribution in [-0.2, 0) is 13.5 Å². The Hall–Kier alpha value is -3.84. The van der Waals surface area contributed by atoms with Crippen LogP contribution in [0.25, 0.3) is 11.5 Å². The lowest BCUT2D eigenvalue weighted by atomic mass is 10.1. The van der Waals surface area contributed by atoms with Gasteiger partial charge in [-0.05, 0) is 29.9 Å². The summed E-state index contributed by atoms with van der Waals surface area (Å²) in [6.07, 6.45) is 5.30. The standard InChI is InChI=1S/C19H19N9S/c1-27-12-22-11-16(27)18-25-15(10-23-28(2)19(21)29)9-17(26-18)24-14-5-3-13(4-6-14)7-8-20/h3-6,9-12H,7H2,1-2H3,(H2,21,29)(H,24,25,26)/b23-10+. The van der Waals surface area contributed by atoms with Gasteiger partial charge in [-0.2, -0.15) is 10.4 Å². The predicted octanol–water partition coefficient (Wildman–Crippen LogP) is 2.20. The normalized spacial score (nSPS) is 10.7. The second kappa shape index (κ2) is 8.90. The van der Waals surface area contributed by atoms with Crippen molar-refractivity contribution in [1.29, 1.82) is 5.26 Å². The minimum absolute atomic E-state index is 0.151. The van der Waals surface area contributed by atoms with E-state index in [-0.39, 0.29) is 5.11 Å². The highest BCUT2D eigenvalue weighted by molar-refractivity contribution is 7.80. The molecule has 2 aromatic heterocycles. The van der Waals surface area contributed by atoms with Crippen LogP contribution in [0.2, 0.25) is 0 Å². The van der Waals surface area contributed by atoms with E-state index in [2.05, 4.69) is 31.4 Å². The molecule has 0 spiro atoms. The quantitative estimate of drug-likeness (QED) is 0.364. The van der Waals surface area contributed by atoms with Crippen LogP contribution >= 0.6 is 12.2 Å². The minimum Gasteiger partial charge on any atom is -0.375 e. The number of nitrogens with one attached hydrogen (secondary N) is 1. The first-order valence-electron chi connectivity index (χ1n) is 8.62. The van der Waals surface area contributed by atoms with Gasteiger partial charge >= 0.3 is 0 Å². The molecule has 146 valence electrons. The summed E-state index contributed by atoms with van der Waals surface area (Å²) in [7, 11) is 3.53. The molecule has 2 heterocycles. The monoisotopic (exact) mass is 405 g/mol. The molecular weight excluding hydrogens is 386 g/mol. The molecule has 0 aliphatic carbocycles. The second-order valence-corrected chi connectivity index (χ2v) is 6.57. The molecule has 0 bridgehead atoms. The van der Waals surface area contributed by atoms with E-state index in [1.165, 1.54) is 5.01 Å². The summed E-state index contributed by atoms with van der Waals surface area (Å²) < 4.78 is 1.83. The zero-order chi connectivity index (χ0) is 20.8. The van der Waals surface area contributed by atoms with Crippen LogP contribution in [0.15, 0.2) is 48.0 Å². The summed E-state index contributed by atoms with van der Waals surface area (Å²) in [5, 5.41) is 17.8. The number of hydrogen-bond donors (Lipinski definition) is 2. The molecule has 3 N–H and O–H groups in total. The molecule has 10 heteroatoms. The fourth-order valence-corrected chi connectivity index (χ4v) is 2.48. The molecular formula is C19H19N9S. The third kappa shape index (κ3) is 5.12. The fraction of sp³-hybridized carbons (Fsp3) is 0.158. The Labute approximate surface area is 173 Å². The number of nitrogens with zero attached hydrogens (tertiary/aromatic N) is 7. The first kappa shape index (κ1) is 19.9. The van der Waals surface area contributed by atoms with Crippen molar-refractivity contribution in [2.75, 3.05) is 12.4 Å². The van der Waals surface area contributed by atoms with E-state index >= 15 is 0 Å². The SMILES string of the molecule is CN(/N=C/c1cc(Nc2ccc(CC#N)cc2)nc(-c2cncn2C)n1)C(N)=S. The molecule has 0 saturated heterocycles. The summed E-state index contributed by atoms with van der Waals surface area (Å²) in [4.78, 5) is 13.3. The summed E-state index contributed by atoms with van der Waals surface area (Å²) >= 11 is 4.90. The fourth-order valence-electron chi connectivity index (χ4n) is 2.43. The van der Waals surface area contributed by atoms with Gasteiger partial charge < -0.3 is 15.6 Å². The lowest BCUT2D eigenvalue weighted by Crippen LogP contribution is -2.27. The Kier molecular flexibility index (Phi) is 6.11. The van der Waals surface area contributed by atoms with Crippen molar-refractivity contribution in [3.8, 4) is 17.6 Å². The number of nitrogens with two attached hydrogens (primary N) is 1. The van der Waals surface area contributed by atoms with Crippen molar-refractivity contribution in [2.45, 2.75) is 6.42 Å². The summed E-state index contributed by atoms with van der Waals surface area (Å²) in [5.74, 6) is 1.08. The van der Waals surface area contributed by atoms with Gasteiger partial charge in [0.05, 0.1) is 36.9 Å². The number of hydrogen-bond acceptors (Lipinski definition) is 7. The van der Waals surface area contributed by atoms with Crippen LogP contribution in [0, 0.1) is 11.3 Å². The smallest absolute Gasteiger partial charge is 0.186 e. The van der Waals surface area contributed by atoms with Crippen molar-refractivity contribution in [3.63, 3.8) is 0 Å². The van der Waals surface area contributed by atoms with Gasteiger partial charge in [0.1, 0.15) is 11.5 Å². The maximum Gasteiger partial charge on any atom is 0.186 e. The maximum absolute atomic E-state index is 8.80. The van der Waals surface area contributed by atoms with Gasteiger partial charge in [-0.3, -0.25) is 0 Å². The molecule has 0 radical (unpaired) electrons. The largest absolute Gasteiger partial charge is 0.375 e. The van der Waals surface area contributed by atoms with Crippen LogP contribution in [0.4, 0.5) is 11.5 Å². The minimum atomic E-state index is 0.151. The Balaban J connectivity index is 1.94. The van der Waals surface area contributed by atoms with Crippen molar-refractivity contribution in [1.82, 2.24) is 24.5 Å². The van der Waals surface area contributed by atoms with E-state index in [1.54, 1.807) is 31.9 Å². The third-order valence-electron chi connectivity index (χ3n) is 3.98. The van der Waals surface area contributed by atoms with Gasteiger partial charge in [-0.25, -0.2) is 20.0 Å². The average molecular weight is 405 g/mol. The summed E-state index contributed by atoms with van der Waals surface area (Å²) in [6, 6.07) is 11.5. The molecule has 0 atom stereocenters. The molecule has 1 aromatic carbocycles. The topological polar surface area (TPSA) is 121 Å². The maximum atomic E-state index is 8.80. The first-order valence-corrected chi connectivity index (χ1v) is 9.03. The van der Waals surface area contributed by atoms with E-state index in [4.69, 9.17) is 23.2 Å². The van der Waals surface area contributed by atoms with Gasteiger partial charge in [0.2, 0.25) is 0 Å². The highest BCUT2D eigenvalue weighted by Crippen LogP contribution is 2.20. The summed E-state index contributed by atoms with van der Waals surface area (Å²) in [6.45, 7) is 0. The molecule has 0 aliphatic rings. The molecule has 3 rings (SSSR count). The van der Waals surface area contributed by atoms with Crippen LogP contribution in [-0.4, -0.2) is 42.9 Å². The van der Waals surface area contributed by atoms with Crippen LogP contribution in [0.5, 0.6) is 0 Å². The zero-order valence-corrected chi connectivity index (χ0v) is 16.8. The molecule has 29 heavy (non-hydrogen) atoms. The van der Waals surface area contributed by atoms with E-state index < -0.39 is 0 Å². The van der Waals surface area contributed by atoms with Crippen molar-refractivity contribution >= 4 is 35.1 Å². The second-order valence-electron chi connectivity index (χ2n) is 6.15. The van der Waals surface area contributed by atoms with E-state index in [1.807, 2.05) is 35.9 Å². The Morgan fingerprint density at radius 3 is 2.76 bits per heavy atom. The highest BCUT2D eigenvalue weighted by Gasteiger charge is 2.10. The van der Waals surface area contributed by atoms with Gasteiger partial charge in [0.25, 0.3) is 0 Å². The van der Waals surface area contributed by atoms with E-state index in [9.17, 15) is 0 Å². The zero-order valence-electron chi connectivity index (χ0n) is 15.9. The predicted molar refractivity (Wildman–Crippen MR) is 115 cm³/mol. The number of aromatic nitrogens is 4. The lowest BCUT2D eigenvalue weighted by Gasteiger charge is -2.11. The number of thiocarbonyl (C=S) groups is 1. The number of aryl methyl sites for hydroxylation is 1. The van der Waals surface area contributed by atoms with Gasteiger partial charge in [-0.15, -0.1) is 0 Å². The highest BCUT2D eigenvalue weighted by atomic mass is 32.1. The molecule has 0 amide bonds. The number of hydrazone groups is 1. The number of benzene rings is 1. The van der Waals surface area contributed by atoms with Gasteiger partial charge in [0, 0.05) is 25.8 Å². The van der Waals surface area contributed by atoms with Crippen LogP contribution < -0.4 is 11.1 Å². The Morgan fingerprint density at radius 2 is 2.14 bits per heavy atom. The van der Waals surface area contributed by atoms with Crippen LogP contribution in [0.3, 0.4) is 0 Å². The number of rotatable bonds is 6. The molecule has 0 unspecified atom stereocenters.